The first-order valence-corrected chi connectivity index (χ1v) is 26.4. The second kappa shape index (κ2) is 27.7. The molecule has 12 atom stereocenters. The molecule has 8 rings (SSSR count). The van der Waals surface area contributed by atoms with Crippen LogP contribution in [0.3, 0.4) is 0 Å². The Kier molecular flexibility index (Phi) is 23.3. The molecule has 8 amide bonds. The summed E-state index contributed by atoms with van der Waals surface area (Å²) in [7, 11) is 0. The van der Waals surface area contributed by atoms with Gasteiger partial charge in [-0.15, -0.1) is 0 Å². The predicted molar refractivity (Wildman–Crippen MR) is 236 cm³/mol. The third-order valence-electron chi connectivity index (χ3n) is 12.2. The van der Waals surface area contributed by atoms with Crippen molar-refractivity contribution in [2.45, 2.75) is 172 Å². The smallest absolute Gasteiger partial charge is 0.550 e. The monoisotopic (exact) mass is 1160 g/mol. The van der Waals surface area contributed by atoms with Crippen molar-refractivity contribution in [1.82, 2.24) is 42.5 Å². The summed E-state index contributed by atoms with van der Waals surface area (Å²) in [6, 6.07) is 1.61. The van der Waals surface area contributed by atoms with Crippen LogP contribution in [0.2, 0.25) is 0 Å². The van der Waals surface area contributed by atoms with Gasteiger partial charge >= 0.3 is 43.9 Å². The Bertz CT molecular complexity index is 1430. The molecule has 8 saturated heterocycles. The molecule has 8 fully saturated rings. The first-order chi connectivity index (χ1) is 30.7. The van der Waals surface area contributed by atoms with Crippen LogP contribution in [-0.2, 0) is 39.0 Å². The van der Waals surface area contributed by atoms with Crippen LogP contribution >= 0.6 is 47.0 Å². The van der Waals surface area contributed by atoms with Gasteiger partial charge in [0.2, 0.25) is 0 Å². The third kappa shape index (κ3) is 17.9. The largest absolute Gasteiger partial charge is 4.00 e. The predicted octanol–water partition coefficient (Wildman–Crippen LogP) is -2.15. The van der Waals surface area contributed by atoms with E-state index in [2.05, 4.69) is 42.5 Å². The topological polar surface area (TPSA) is 325 Å². The summed E-state index contributed by atoms with van der Waals surface area (Å²) in [6.07, 6.45) is 10.6. The number of carboxylic acid groups (broad SMARTS) is 4. The van der Waals surface area contributed by atoms with E-state index in [9.17, 15) is 58.8 Å². The minimum absolute atomic E-state index is 0. The first-order valence-electron chi connectivity index (χ1n) is 22.2. The van der Waals surface area contributed by atoms with Crippen LogP contribution in [0.1, 0.15) is 103 Å². The second-order valence-electron chi connectivity index (χ2n) is 17.0. The van der Waals surface area contributed by atoms with Crippen LogP contribution in [0, 0.1) is 0 Å². The first kappa shape index (κ1) is 54.6. The molecule has 65 heavy (non-hydrogen) atoms. The summed E-state index contributed by atoms with van der Waals surface area (Å²) >= 11 is 7.42. The molecule has 0 aromatic carbocycles. The van der Waals surface area contributed by atoms with E-state index in [0.29, 0.717) is 46.7 Å². The third-order valence-corrected chi connectivity index (χ3v) is 18.3. The fraction of sp³-hybridized carbons (Fsp3) is 0.800. The SMILES string of the molecule is O=C([O-])CCCC[C@@H]1SC[C@@H]2NC(=O)N[C@@H]21.O=C([O-])CCCC[C@@H]1SC[C@@H]2NC(=O)N[C@@H]21.O=C([O-])CCCC[C@@H]1SC[C@@H]2NC(=O)N[C@@H]21.O=C([O-])CCCC[C@@H]1SC[C@@H]2NC(=O)N[C@@H]21.[Os+4]. The summed E-state index contributed by atoms with van der Waals surface area (Å²) in [5.41, 5.74) is 0. The zero-order valence-corrected chi connectivity index (χ0v) is 41.8. The zero-order valence-electron chi connectivity index (χ0n) is 36.0. The van der Waals surface area contributed by atoms with Crippen molar-refractivity contribution in [3.63, 3.8) is 0 Å². The van der Waals surface area contributed by atoms with Crippen molar-refractivity contribution in [2.75, 3.05) is 23.0 Å². The molecule has 0 unspecified atom stereocenters. The molecule has 20 nitrogen and oxygen atoms in total. The number of fused-ring (bicyclic) bond motifs is 4. The number of hydrogen-bond donors (Lipinski definition) is 8. The van der Waals surface area contributed by atoms with Crippen molar-refractivity contribution in [2.24, 2.45) is 0 Å². The molecule has 8 heterocycles. The summed E-state index contributed by atoms with van der Waals surface area (Å²) in [5, 5.41) is 65.8. The van der Waals surface area contributed by atoms with Crippen molar-refractivity contribution in [3.05, 3.63) is 0 Å². The molecule has 0 aliphatic carbocycles. The fourth-order valence-corrected chi connectivity index (χ4v) is 15.2. The average molecular weight is 1160 g/mol. The number of rotatable bonds is 20. The van der Waals surface area contributed by atoms with Gasteiger partial charge in [0.1, 0.15) is 0 Å². The molecule has 0 aromatic rings. The number of carbonyl (C=O) groups excluding carboxylic acids is 8. The van der Waals surface area contributed by atoms with E-state index in [1.807, 2.05) is 47.0 Å². The number of carboxylic acids is 4. The van der Waals surface area contributed by atoms with E-state index in [4.69, 9.17) is 0 Å². The van der Waals surface area contributed by atoms with E-state index in [1.165, 1.54) is 0 Å². The summed E-state index contributed by atoms with van der Waals surface area (Å²) in [6.45, 7) is 0. The number of hydrogen-bond acceptors (Lipinski definition) is 16. The van der Waals surface area contributed by atoms with E-state index < -0.39 is 23.9 Å². The van der Waals surface area contributed by atoms with Gasteiger partial charge in [0.15, 0.2) is 0 Å². The number of nitrogens with one attached hydrogen (secondary N) is 8. The van der Waals surface area contributed by atoms with Gasteiger partial charge in [-0.25, -0.2) is 19.2 Å². The van der Waals surface area contributed by atoms with Crippen molar-refractivity contribution in [1.29, 1.82) is 0 Å². The Labute approximate surface area is 408 Å². The van der Waals surface area contributed by atoms with Gasteiger partial charge in [0, 0.05) is 67.9 Å². The molecule has 8 aliphatic heterocycles. The minimum Gasteiger partial charge on any atom is -0.550 e. The van der Waals surface area contributed by atoms with Crippen molar-refractivity contribution < 1.29 is 78.6 Å². The van der Waals surface area contributed by atoms with Crippen LogP contribution in [0.25, 0.3) is 0 Å². The number of thioether (sulfide) groups is 4. The summed E-state index contributed by atoms with van der Waals surface area (Å²) in [4.78, 5) is 85.4. The van der Waals surface area contributed by atoms with Gasteiger partial charge in [-0.1, -0.05) is 25.7 Å². The van der Waals surface area contributed by atoms with Crippen molar-refractivity contribution >= 4 is 95.0 Å². The number of urea groups is 4. The molecular weight excluding hydrogens is 1100 g/mol. The van der Waals surface area contributed by atoms with Gasteiger partial charge < -0.3 is 82.1 Å². The number of amides is 8. The van der Waals surface area contributed by atoms with Gasteiger partial charge in [0.25, 0.3) is 0 Å². The van der Waals surface area contributed by atoms with E-state index in [0.717, 1.165) is 74.4 Å². The van der Waals surface area contributed by atoms with Crippen LogP contribution in [0.4, 0.5) is 19.2 Å². The van der Waals surface area contributed by atoms with Crippen LogP contribution in [-0.4, -0.2) is 140 Å². The van der Waals surface area contributed by atoms with E-state index >= 15 is 0 Å². The Hall–Kier alpha value is -3.00. The maximum Gasteiger partial charge on any atom is 4.00 e. The number of carbonyl (C=O) groups is 8. The fourth-order valence-electron chi connectivity index (χ4n) is 9.03. The maximum absolute atomic E-state index is 11.1. The van der Waals surface area contributed by atoms with E-state index in [-0.39, 0.29) is 118 Å². The minimum atomic E-state index is -0.979. The molecule has 0 aromatic heterocycles. The molecule has 8 N–H and O–H groups in total. The Balaban J connectivity index is 0.000000189. The van der Waals surface area contributed by atoms with Crippen molar-refractivity contribution in [3.8, 4) is 0 Å². The van der Waals surface area contributed by atoms with Crippen LogP contribution in [0.5, 0.6) is 0 Å². The molecular formula is C40H60N8O12OsS4. The molecule has 364 valence electrons. The molecule has 0 bridgehead atoms. The Morgan fingerprint density at radius 3 is 0.754 bits per heavy atom. The van der Waals surface area contributed by atoms with Gasteiger partial charge in [-0.2, -0.15) is 47.0 Å². The maximum atomic E-state index is 11.1. The van der Waals surface area contributed by atoms with Gasteiger partial charge in [0.05, 0.1) is 48.3 Å². The molecule has 8 aliphatic rings. The normalized spacial score (nSPS) is 31.5. The molecule has 0 radical (unpaired) electrons. The van der Waals surface area contributed by atoms with Crippen LogP contribution < -0.4 is 63.0 Å². The number of unbranched alkanes of at least 4 members (excludes halogenated alkanes) is 4. The second-order valence-corrected chi connectivity index (χ2v) is 22.0. The average Bonchev–Trinajstić information content (AvgIpc) is 4.10. The Morgan fingerprint density at radius 2 is 0.569 bits per heavy atom. The Morgan fingerprint density at radius 1 is 0.369 bits per heavy atom. The quantitative estimate of drug-likeness (QED) is 0.0476. The van der Waals surface area contributed by atoms with Gasteiger partial charge in [-0.3, -0.25) is 0 Å². The molecule has 0 saturated carbocycles. The van der Waals surface area contributed by atoms with E-state index in [1.54, 1.807) is 0 Å². The van der Waals surface area contributed by atoms with Gasteiger partial charge in [-0.05, 0) is 77.0 Å². The molecule has 25 heteroatoms. The number of aliphatic carboxylic acids is 4. The summed E-state index contributed by atoms with van der Waals surface area (Å²) < 4.78 is 0. The standard InChI is InChI=1S/4C10H16N2O3S.Os/c4*13-8(14)4-2-1-3-7-9-6(5-16-7)11-10(15)12-9;/h4*6-7,9H,1-5H2,(H,13,14)(H2,11,12,15);/q;;;;+4/p-4/t4*6-,7-,9-;/m0000./s1. The summed E-state index contributed by atoms with van der Waals surface area (Å²) in [5.74, 6) is -0.104. The zero-order chi connectivity index (χ0) is 46.2. The molecule has 0 spiro atoms. The van der Waals surface area contributed by atoms with Crippen LogP contribution in [0.15, 0.2) is 0 Å².